The third-order valence-corrected chi connectivity index (χ3v) is 1.66. The normalized spacial score (nSPS) is 14.3. The van der Waals surface area contributed by atoms with E-state index in [1.165, 1.54) is 0 Å². The molecule has 0 aliphatic heterocycles. The molecule has 15 heavy (non-hydrogen) atoms. The van der Waals surface area contributed by atoms with Gasteiger partial charge in [0, 0.05) is 12.4 Å². The van der Waals surface area contributed by atoms with Crippen LogP contribution in [-0.2, 0) is 5.60 Å². The van der Waals surface area contributed by atoms with Crippen molar-refractivity contribution in [2.24, 2.45) is 0 Å². The van der Waals surface area contributed by atoms with Crippen LogP contribution < -0.4 is 0 Å². The van der Waals surface area contributed by atoms with E-state index in [2.05, 4.69) is 4.98 Å². The van der Waals surface area contributed by atoms with E-state index in [1.807, 2.05) is 0 Å². The van der Waals surface area contributed by atoms with E-state index in [-0.39, 0.29) is 0 Å². The first-order valence-electron chi connectivity index (χ1n) is 3.46. The monoisotopic (exact) mass is 234 g/mol. The van der Waals surface area contributed by atoms with Gasteiger partial charge in [0.05, 0.1) is 0 Å². The van der Waals surface area contributed by atoms with Gasteiger partial charge in [-0.3, -0.25) is 0 Å². The second-order valence-corrected chi connectivity index (χ2v) is 2.64. The van der Waals surface area contributed by atoms with Crippen molar-refractivity contribution >= 4 is 0 Å². The Morgan fingerprint density at radius 3 is 1.80 bits per heavy atom. The Morgan fingerprint density at radius 1 is 1.07 bits per heavy atom. The zero-order chi connectivity index (χ0) is 11.9. The SMILES string of the molecule is OC(c1ncc[nH]1)(C(F)(F)F)C(F)(F)F. The van der Waals surface area contributed by atoms with Gasteiger partial charge in [0.2, 0.25) is 0 Å². The summed E-state index contributed by atoms with van der Waals surface area (Å²) in [4.78, 5) is 4.37. The predicted octanol–water partition coefficient (Wildman–Crippen LogP) is 1.72. The minimum Gasteiger partial charge on any atom is -0.367 e. The number of rotatable bonds is 1. The highest BCUT2D eigenvalue weighted by molar-refractivity contribution is 5.10. The Kier molecular flexibility index (Phi) is 2.46. The standard InChI is InChI=1S/C6H4F6N2O/c7-5(8,9)4(15,6(10,11)12)3-13-1-2-14-3/h1-2,15H,(H,13,14). The van der Waals surface area contributed by atoms with Crippen LogP contribution in [0.4, 0.5) is 26.3 Å². The molecule has 0 saturated carbocycles. The van der Waals surface area contributed by atoms with Crippen molar-refractivity contribution in [3.05, 3.63) is 18.2 Å². The molecule has 0 saturated heterocycles. The molecule has 2 N–H and O–H groups in total. The molecule has 1 rings (SSSR count). The van der Waals surface area contributed by atoms with Gasteiger partial charge >= 0.3 is 18.0 Å². The van der Waals surface area contributed by atoms with Gasteiger partial charge < -0.3 is 10.1 Å². The Bertz CT molecular complexity index is 312. The maximum Gasteiger partial charge on any atom is 0.433 e. The molecule has 86 valence electrons. The first-order valence-corrected chi connectivity index (χ1v) is 3.46. The van der Waals surface area contributed by atoms with Gasteiger partial charge in [-0.1, -0.05) is 0 Å². The molecule has 0 radical (unpaired) electrons. The maximum absolute atomic E-state index is 12.1. The number of H-pyrrole nitrogens is 1. The molecule has 0 aromatic carbocycles. The van der Waals surface area contributed by atoms with E-state index in [4.69, 9.17) is 5.11 Å². The van der Waals surface area contributed by atoms with Gasteiger partial charge in [0.25, 0.3) is 0 Å². The fourth-order valence-corrected chi connectivity index (χ4v) is 0.892. The summed E-state index contributed by atoms with van der Waals surface area (Å²) in [5.74, 6) is -1.61. The van der Waals surface area contributed by atoms with Crippen molar-refractivity contribution in [1.82, 2.24) is 9.97 Å². The molecule has 0 spiro atoms. The van der Waals surface area contributed by atoms with E-state index >= 15 is 0 Å². The zero-order valence-corrected chi connectivity index (χ0v) is 6.82. The molecule has 0 fully saturated rings. The van der Waals surface area contributed by atoms with Crippen molar-refractivity contribution < 1.29 is 31.4 Å². The Balaban J connectivity index is 3.33. The van der Waals surface area contributed by atoms with Crippen LogP contribution in [0.3, 0.4) is 0 Å². The van der Waals surface area contributed by atoms with Crippen LogP contribution >= 0.6 is 0 Å². The number of nitrogens with one attached hydrogen (secondary N) is 1. The number of halogens is 6. The Labute approximate surface area is 78.7 Å². The van der Waals surface area contributed by atoms with Crippen LogP contribution in [0.2, 0.25) is 0 Å². The molecular weight excluding hydrogens is 230 g/mol. The Morgan fingerprint density at radius 2 is 1.53 bits per heavy atom. The second-order valence-electron chi connectivity index (χ2n) is 2.64. The van der Waals surface area contributed by atoms with Crippen LogP contribution in [0.25, 0.3) is 0 Å². The van der Waals surface area contributed by atoms with Gasteiger partial charge in [0.15, 0.2) is 5.82 Å². The van der Waals surface area contributed by atoms with Crippen LogP contribution in [0.15, 0.2) is 12.4 Å². The number of aromatic amines is 1. The lowest BCUT2D eigenvalue weighted by molar-refractivity contribution is -0.378. The van der Waals surface area contributed by atoms with Crippen molar-refractivity contribution in [3.8, 4) is 0 Å². The molecule has 3 nitrogen and oxygen atoms in total. The number of nitrogens with zero attached hydrogens (tertiary/aromatic N) is 1. The summed E-state index contributed by atoms with van der Waals surface area (Å²) in [5.41, 5.74) is -4.97. The molecule has 0 unspecified atom stereocenters. The average Bonchev–Trinajstić information content (AvgIpc) is 2.49. The quantitative estimate of drug-likeness (QED) is 0.727. The highest BCUT2D eigenvalue weighted by Gasteiger charge is 2.73. The van der Waals surface area contributed by atoms with Gasteiger partial charge in [-0.2, -0.15) is 26.3 Å². The molecule has 0 amide bonds. The molecule has 0 aliphatic rings. The van der Waals surface area contributed by atoms with E-state index < -0.39 is 23.8 Å². The fraction of sp³-hybridized carbons (Fsp3) is 0.500. The largest absolute Gasteiger partial charge is 0.433 e. The van der Waals surface area contributed by atoms with Crippen LogP contribution in [0, 0.1) is 0 Å². The lowest BCUT2D eigenvalue weighted by atomic mass is 10.0. The topological polar surface area (TPSA) is 48.9 Å². The molecule has 1 aromatic heterocycles. The molecule has 9 heteroatoms. The lowest BCUT2D eigenvalue weighted by Crippen LogP contribution is -2.54. The molecular formula is C6H4F6N2O. The third kappa shape index (κ3) is 1.66. The number of hydrogen-bond acceptors (Lipinski definition) is 2. The predicted molar refractivity (Wildman–Crippen MR) is 34.6 cm³/mol. The summed E-state index contributed by atoms with van der Waals surface area (Å²) in [5, 5.41) is 8.70. The zero-order valence-electron chi connectivity index (χ0n) is 6.82. The molecule has 1 heterocycles. The fourth-order valence-electron chi connectivity index (χ4n) is 0.892. The summed E-state index contributed by atoms with van der Waals surface area (Å²) >= 11 is 0. The number of hydrogen-bond donors (Lipinski definition) is 2. The Hall–Kier alpha value is -1.25. The summed E-state index contributed by atoms with van der Waals surface area (Å²) in [6.45, 7) is 0. The molecule has 0 bridgehead atoms. The average molecular weight is 234 g/mol. The van der Waals surface area contributed by atoms with E-state index in [0.29, 0.717) is 6.20 Å². The lowest BCUT2D eigenvalue weighted by Gasteiger charge is -2.30. The first kappa shape index (κ1) is 11.8. The van der Waals surface area contributed by atoms with Crippen LogP contribution in [0.1, 0.15) is 5.82 Å². The second kappa shape index (κ2) is 3.12. The van der Waals surface area contributed by atoms with E-state index in [9.17, 15) is 26.3 Å². The van der Waals surface area contributed by atoms with Gasteiger partial charge in [-0.15, -0.1) is 0 Å². The van der Waals surface area contributed by atoms with Gasteiger partial charge in [-0.25, -0.2) is 4.98 Å². The van der Waals surface area contributed by atoms with Crippen molar-refractivity contribution in [2.75, 3.05) is 0 Å². The molecule has 1 aromatic rings. The summed E-state index contributed by atoms with van der Waals surface area (Å²) in [6, 6.07) is 0. The highest BCUT2D eigenvalue weighted by Crippen LogP contribution is 2.48. The molecule has 0 aliphatic carbocycles. The number of alkyl halides is 6. The minimum atomic E-state index is -5.90. The summed E-state index contributed by atoms with van der Waals surface area (Å²) in [7, 11) is 0. The summed E-state index contributed by atoms with van der Waals surface area (Å²) < 4.78 is 72.8. The maximum atomic E-state index is 12.1. The van der Waals surface area contributed by atoms with Crippen molar-refractivity contribution in [2.45, 2.75) is 18.0 Å². The first-order chi connectivity index (χ1) is 6.61. The minimum absolute atomic E-state index is 0.678. The van der Waals surface area contributed by atoms with Crippen molar-refractivity contribution in [3.63, 3.8) is 0 Å². The summed E-state index contributed by atoms with van der Waals surface area (Å²) in [6.07, 6.45) is -10.4. The smallest absolute Gasteiger partial charge is 0.367 e. The van der Waals surface area contributed by atoms with Crippen LogP contribution in [-0.4, -0.2) is 27.4 Å². The number of aromatic nitrogens is 2. The van der Waals surface area contributed by atoms with Gasteiger partial charge in [-0.05, 0) is 0 Å². The third-order valence-electron chi connectivity index (χ3n) is 1.66. The van der Waals surface area contributed by atoms with Crippen LogP contribution in [0.5, 0.6) is 0 Å². The highest BCUT2D eigenvalue weighted by atomic mass is 19.4. The number of aliphatic hydroxyl groups is 1. The molecule has 0 atom stereocenters. The van der Waals surface area contributed by atoms with E-state index in [1.54, 1.807) is 4.98 Å². The van der Waals surface area contributed by atoms with E-state index in [0.717, 1.165) is 6.20 Å². The van der Waals surface area contributed by atoms with Gasteiger partial charge in [0.1, 0.15) is 0 Å². The van der Waals surface area contributed by atoms with Crippen molar-refractivity contribution in [1.29, 1.82) is 0 Å². The number of imidazole rings is 1.